The fourth-order valence-electron chi connectivity index (χ4n) is 3.42. The molecular weight excluding hydrogens is 442 g/mol. The molecule has 1 amide bonds. The van der Waals surface area contributed by atoms with Gasteiger partial charge in [0.25, 0.3) is 0 Å². The van der Waals surface area contributed by atoms with Crippen LogP contribution in [-0.2, 0) is 16.0 Å². The Kier molecular flexibility index (Phi) is 8.21. The summed E-state index contributed by atoms with van der Waals surface area (Å²) in [5.74, 6) is 0.139. The van der Waals surface area contributed by atoms with Crippen molar-refractivity contribution in [2.45, 2.75) is 43.2 Å². The van der Waals surface area contributed by atoms with Gasteiger partial charge in [-0.2, -0.15) is 0 Å². The van der Waals surface area contributed by atoms with Crippen LogP contribution >= 0.6 is 23.4 Å². The van der Waals surface area contributed by atoms with Gasteiger partial charge in [0.2, 0.25) is 5.91 Å². The van der Waals surface area contributed by atoms with Crippen molar-refractivity contribution in [3.8, 4) is 5.75 Å². The van der Waals surface area contributed by atoms with Crippen molar-refractivity contribution in [3.63, 3.8) is 0 Å². The molecule has 31 heavy (non-hydrogen) atoms. The van der Waals surface area contributed by atoms with E-state index in [0.29, 0.717) is 23.6 Å². The maximum atomic E-state index is 11.1. The van der Waals surface area contributed by atoms with Gasteiger partial charge >= 0.3 is 0 Å². The van der Waals surface area contributed by atoms with E-state index in [9.17, 15) is 20.1 Å². The van der Waals surface area contributed by atoms with E-state index in [1.54, 1.807) is 12.1 Å². The zero-order valence-electron chi connectivity index (χ0n) is 17.0. The van der Waals surface area contributed by atoms with Crippen molar-refractivity contribution in [2.24, 2.45) is 5.73 Å². The molecule has 0 unspecified atom stereocenters. The van der Waals surface area contributed by atoms with Crippen molar-refractivity contribution in [2.75, 3.05) is 12.4 Å². The molecule has 5 N–H and O–H groups in total. The number of ether oxygens (including phenoxy) is 2. The molecule has 7 nitrogen and oxygen atoms in total. The molecule has 168 valence electrons. The Labute approximate surface area is 190 Å². The van der Waals surface area contributed by atoms with E-state index in [0.717, 1.165) is 28.6 Å². The number of thioether (sulfide) groups is 1. The van der Waals surface area contributed by atoms with Gasteiger partial charge in [0.05, 0.1) is 12.4 Å². The molecule has 0 bridgehead atoms. The van der Waals surface area contributed by atoms with Crippen molar-refractivity contribution < 1.29 is 29.6 Å². The molecule has 1 fully saturated rings. The Morgan fingerprint density at radius 2 is 1.84 bits per heavy atom. The van der Waals surface area contributed by atoms with Crippen LogP contribution in [0.15, 0.2) is 42.5 Å². The number of carbonyl (C=O) groups excluding carboxylic acids is 1. The first kappa shape index (κ1) is 23.8. The number of rotatable bonds is 8. The molecule has 2 aromatic carbocycles. The molecule has 5 atom stereocenters. The normalized spacial score (nSPS) is 25.9. The Morgan fingerprint density at radius 1 is 1.13 bits per heavy atom. The molecule has 0 saturated carbocycles. The monoisotopic (exact) mass is 467 g/mol. The highest BCUT2D eigenvalue weighted by molar-refractivity contribution is 8.00. The number of hydrogen-bond donors (Lipinski definition) is 4. The van der Waals surface area contributed by atoms with E-state index >= 15 is 0 Å². The first-order chi connectivity index (χ1) is 14.8. The second-order valence-corrected chi connectivity index (χ2v) is 8.77. The Balaban J connectivity index is 1.80. The minimum Gasteiger partial charge on any atom is -0.494 e. The third-order valence-electron chi connectivity index (χ3n) is 4.99. The highest BCUT2D eigenvalue weighted by Gasteiger charge is 2.44. The number of aliphatic hydroxyl groups is 3. The summed E-state index contributed by atoms with van der Waals surface area (Å²) in [6.07, 6.45) is -4.49. The van der Waals surface area contributed by atoms with Crippen LogP contribution in [0.2, 0.25) is 5.02 Å². The van der Waals surface area contributed by atoms with Crippen LogP contribution in [0, 0.1) is 0 Å². The van der Waals surface area contributed by atoms with Gasteiger partial charge in [-0.3, -0.25) is 4.79 Å². The van der Waals surface area contributed by atoms with E-state index < -0.39 is 35.8 Å². The summed E-state index contributed by atoms with van der Waals surface area (Å²) in [5, 5.41) is 31.6. The summed E-state index contributed by atoms with van der Waals surface area (Å²) in [5.41, 5.74) is 6.70. The average Bonchev–Trinajstić information content (AvgIpc) is 2.75. The number of nitrogens with two attached hydrogens (primary N) is 1. The van der Waals surface area contributed by atoms with E-state index in [-0.39, 0.29) is 5.75 Å². The average molecular weight is 468 g/mol. The fourth-order valence-corrected chi connectivity index (χ4v) is 4.49. The number of hydrogen-bond acceptors (Lipinski definition) is 7. The lowest BCUT2D eigenvalue weighted by Gasteiger charge is -2.40. The van der Waals surface area contributed by atoms with Crippen LogP contribution in [0.3, 0.4) is 0 Å². The summed E-state index contributed by atoms with van der Waals surface area (Å²) < 4.78 is 11.3. The number of primary amides is 1. The van der Waals surface area contributed by atoms with Gasteiger partial charge < -0.3 is 30.5 Å². The molecule has 1 aliphatic heterocycles. The molecule has 1 heterocycles. The minimum atomic E-state index is -1.44. The third kappa shape index (κ3) is 5.91. The molecule has 3 rings (SSSR count). The summed E-state index contributed by atoms with van der Waals surface area (Å²) in [6.45, 7) is 2.52. The Morgan fingerprint density at radius 3 is 2.48 bits per heavy atom. The lowest BCUT2D eigenvalue weighted by Crippen LogP contribution is -2.53. The van der Waals surface area contributed by atoms with Crippen molar-refractivity contribution in [1.82, 2.24) is 0 Å². The summed E-state index contributed by atoms with van der Waals surface area (Å²) in [7, 11) is 0. The highest BCUT2D eigenvalue weighted by Crippen LogP contribution is 2.37. The maximum Gasteiger partial charge on any atom is 0.227 e. The number of carbonyl (C=O) groups is 1. The van der Waals surface area contributed by atoms with Gasteiger partial charge in [-0.15, -0.1) is 11.8 Å². The molecule has 0 aliphatic carbocycles. The van der Waals surface area contributed by atoms with Gasteiger partial charge in [-0.05, 0) is 48.2 Å². The minimum absolute atomic E-state index is 0.0825. The van der Waals surface area contributed by atoms with Crippen LogP contribution in [0.1, 0.15) is 29.7 Å². The third-order valence-corrected chi connectivity index (χ3v) is 6.53. The lowest BCUT2D eigenvalue weighted by molar-refractivity contribution is -0.200. The second kappa shape index (κ2) is 10.7. The maximum absolute atomic E-state index is 11.1. The van der Waals surface area contributed by atoms with E-state index in [1.165, 1.54) is 0 Å². The summed E-state index contributed by atoms with van der Waals surface area (Å²) >= 11 is 7.37. The van der Waals surface area contributed by atoms with E-state index in [4.69, 9.17) is 26.8 Å². The van der Waals surface area contributed by atoms with E-state index in [1.807, 2.05) is 37.3 Å². The van der Waals surface area contributed by atoms with Crippen molar-refractivity contribution >= 4 is 29.3 Å². The van der Waals surface area contributed by atoms with Crippen LogP contribution in [0.25, 0.3) is 0 Å². The van der Waals surface area contributed by atoms with Crippen molar-refractivity contribution in [1.29, 1.82) is 0 Å². The van der Waals surface area contributed by atoms with Crippen LogP contribution in [0.5, 0.6) is 5.75 Å². The fraction of sp³-hybridized carbons (Fsp3) is 0.409. The lowest BCUT2D eigenvalue weighted by atomic mass is 9.92. The smallest absolute Gasteiger partial charge is 0.227 e. The molecule has 1 saturated heterocycles. The van der Waals surface area contributed by atoms with Crippen LogP contribution in [0.4, 0.5) is 0 Å². The SMILES string of the molecule is CCOc1ccc(Cc2cc([C@@H]3O[C@H](SCC(N)=O)[C@H](O)[C@@H](O)[C@H]3O)ccc2Cl)cc1. The highest BCUT2D eigenvalue weighted by atomic mass is 35.5. The predicted molar refractivity (Wildman–Crippen MR) is 119 cm³/mol. The quantitative estimate of drug-likeness (QED) is 0.468. The first-order valence-corrected chi connectivity index (χ1v) is 11.3. The van der Waals surface area contributed by atoms with Crippen molar-refractivity contribution in [3.05, 3.63) is 64.2 Å². The van der Waals surface area contributed by atoms with Gasteiger partial charge in [0.15, 0.2) is 0 Å². The van der Waals surface area contributed by atoms with Gasteiger partial charge in [0.1, 0.15) is 35.6 Å². The topological polar surface area (TPSA) is 122 Å². The molecule has 2 aromatic rings. The Bertz CT molecular complexity index is 896. The first-order valence-electron chi connectivity index (χ1n) is 9.89. The van der Waals surface area contributed by atoms with Crippen LogP contribution < -0.4 is 10.5 Å². The summed E-state index contributed by atoms with van der Waals surface area (Å²) in [4.78, 5) is 11.1. The summed E-state index contributed by atoms with van der Waals surface area (Å²) in [6, 6.07) is 12.9. The van der Waals surface area contributed by atoms with Gasteiger partial charge in [0, 0.05) is 5.02 Å². The van der Waals surface area contributed by atoms with Crippen LogP contribution in [-0.4, -0.2) is 57.3 Å². The Hall–Kier alpha value is -1.81. The number of benzene rings is 2. The van der Waals surface area contributed by atoms with E-state index in [2.05, 4.69) is 0 Å². The molecule has 0 spiro atoms. The molecular formula is C22H26ClNO6S. The predicted octanol–water partition coefficient (Wildman–Crippen LogP) is 2.03. The number of amides is 1. The molecule has 0 aromatic heterocycles. The second-order valence-electron chi connectivity index (χ2n) is 7.28. The number of halogens is 1. The zero-order chi connectivity index (χ0) is 22.5. The molecule has 1 aliphatic rings. The molecule has 0 radical (unpaired) electrons. The zero-order valence-corrected chi connectivity index (χ0v) is 18.6. The van der Waals surface area contributed by atoms with Gasteiger partial charge in [-0.25, -0.2) is 0 Å². The number of aliphatic hydroxyl groups excluding tert-OH is 3. The standard InChI is InChI=1S/C22H26ClNO6S/c1-2-29-15-6-3-12(4-7-15)9-14-10-13(5-8-16(14)23)21-19(27)18(26)20(28)22(30-21)31-11-17(24)25/h3-8,10,18-22,26-28H,2,9,11H2,1H3,(H2,24,25)/t18-,19+,20+,21-,22+/m0/s1. The largest absolute Gasteiger partial charge is 0.494 e. The van der Waals surface area contributed by atoms with Gasteiger partial charge in [-0.1, -0.05) is 35.9 Å². The molecule has 9 heteroatoms.